The number of ether oxygens (including phenoxy) is 1. The van der Waals surface area contributed by atoms with E-state index in [9.17, 15) is 14.4 Å². The number of nitrogens with one attached hydrogen (secondary N) is 2. The van der Waals surface area contributed by atoms with Crippen LogP contribution in [-0.4, -0.2) is 24.0 Å². The predicted molar refractivity (Wildman–Crippen MR) is 117 cm³/mol. The monoisotopic (exact) mass is 435 g/mol. The first-order chi connectivity index (χ1) is 15.0. The van der Waals surface area contributed by atoms with Crippen molar-refractivity contribution in [1.29, 1.82) is 0 Å². The lowest BCUT2D eigenvalue weighted by Gasteiger charge is -2.06. The van der Waals surface area contributed by atoms with E-state index in [1.54, 1.807) is 48.5 Å². The fourth-order valence-electron chi connectivity index (χ4n) is 2.52. The van der Waals surface area contributed by atoms with Crippen molar-refractivity contribution < 1.29 is 19.1 Å². The molecule has 0 aliphatic carbocycles. The van der Waals surface area contributed by atoms with Gasteiger partial charge in [0.25, 0.3) is 0 Å². The number of amides is 2. The van der Waals surface area contributed by atoms with Gasteiger partial charge in [-0.15, -0.1) is 0 Å². The Bertz CT molecular complexity index is 1120. The van der Waals surface area contributed by atoms with Gasteiger partial charge < -0.3 is 10.1 Å². The molecule has 3 rings (SSSR count). The number of nitrogens with zero attached hydrogens (tertiary/aromatic N) is 1. The zero-order valence-corrected chi connectivity index (χ0v) is 17.0. The molecule has 7 nitrogen and oxygen atoms in total. The quantitative estimate of drug-likeness (QED) is 0.204. The SMILES string of the molecule is O=C(NCc1ccccc1)C(=O)N/N=C/c1cccc(OC(=O)c2ccccc2Cl)c1. The van der Waals surface area contributed by atoms with Crippen LogP contribution in [0.15, 0.2) is 84.0 Å². The van der Waals surface area contributed by atoms with E-state index in [0.717, 1.165) is 5.56 Å². The molecule has 0 aromatic heterocycles. The second kappa shape index (κ2) is 10.7. The number of esters is 1. The van der Waals surface area contributed by atoms with Gasteiger partial charge in [-0.1, -0.05) is 66.2 Å². The van der Waals surface area contributed by atoms with E-state index in [2.05, 4.69) is 15.8 Å². The number of hydrazone groups is 1. The highest BCUT2D eigenvalue weighted by Gasteiger charge is 2.13. The Kier molecular flexibility index (Phi) is 7.50. The highest BCUT2D eigenvalue weighted by molar-refractivity contribution is 6.35. The van der Waals surface area contributed by atoms with Crippen LogP contribution in [0.4, 0.5) is 0 Å². The van der Waals surface area contributed by atoms with Crippen LogP contribution < -0.4 is 15.5 Å². The average molecular weight is 436 g/mol. The van der Waals surface area contributed by atoms with Crippen molar-refractivity contribution in [3.63, 3.8) is 0 Å². The largest absolute Gasteiger partial charge is 0.423 e. The van der Waals surface area contributed by atoms with E-state index in [4.69, 9.17) is 16.3 Å². The van der Waals surface area contributed by atoms with Crippen molar-refractivity contribution in [2.45, 2.75) is 6.54 Å². The molecular weight excluding hydrogens is 418 g/mol. The molecule has 0 spiro atoms. The van der Waals surface area contributed by atoms with Crippen LogP contribution in [-0.2, 0) is 16.1 Å². The number of rotatable bonds is 6. The van der Waals surface area contributed by atoms with Crippen molar-refractivity contribution in [3.8, 4) is 5.75 Å². The average Bonchev–Trinajstić information content (AvgIpc) is 2.78. The molecule has 0 bridgehead atoms. The van der Waals surface area contributed by atoms with Gasteiger partial charge in [0.2, 0.25) is 0 Å². The first-order valence-corrected chi connectivity index (χ1v) is 9.62. The summed E-state index contributed by atoms with van der Waals surface area (Å²) in [4.78, 5) is 35.9. The molecule has 0 saturated heterocycles. The molecule has 3 aromatic rings. The maximum Gasteiger partial charge on any atom is 0.345 e. The molecule has 0 radical (unpaired) electrons. The van der Waals surface area contributed by atoms with Gasteiger partial charge in [-0.3, -0.25) is 9.59 Å². The second-order valence-corrected chi connectivity index (χ2v) is 6.72. The summed E-state index contributed by atoms with van der Waals surface area (Å²) < 4.78 is 5.33. The van der Waals surface area contributed by atoms with Crippen molar-refractivity contribution in [1.82, 2.24) is 10.7 Å². The molecule has 0 fully saturated rings. The van der Waals surface area contributed by atoms with Gasteiger partial charge in [0.15, 0.2) is 0 Å². The Morgan fingerprint density at radius 2 is 1.65 bits per heavy atom. The van der Waals surface area contributed by atoms with E-state index in [0.29, 0.717) is 10.6 Å². The van der Waals surface area contributed by atoms with Gasteiger partial charge in [0, 0.05) is 6.54 Å². The molecule has 0 unspecified atom stereocenters. The lowest BCUT2D eigenvalue weighted by Crippen LogP contribution is -2.37. The third-order valence-corrected chi connectivity index (χ3v) is 4.37. The third kappa shape index (κ3) is 6.52. The van der Waals surface area contributed by atoms with Crippen LogP contribution in [0.25, 0.3) is 0 Å². The Morgan fingerprint density at radius 3 is 2.42 bits per heavy atom. The highest BCUT2D eigenvalue weighted by Crippen LogP contribution is 2.19. The molecule has 31 heavy (non-hydrogen) atoms. The number of carbonyl (C=O) groups excluding carboxylic acids is 3. The first-order valence-electron chi connectivity index (χ1n) is 9.25. The van der Waals surface area contributed by atoms with Gasteiger partial charge in [-0.25, -0.2) is 10.2 Å². The topological polar surface area (TPSA) is 96.9 Å². The minimum Gasteiger partial charge on any atom is -0.423 e. The molecule has 0 aliphatic rings. The molecule has 0 heterocycles. The summed E-state index contributed by atoms with van der Waals surface area (Å²) in [6, 6.07) is 22.3. The van der Waals surface area contributed by atoms with Crippen LogP contribution in [0.2, 0.25) is 5.02 Å². The Labute approximate surface area is 183 Å². The molecule has 3 aromatic carbocycles. The molecular formula is C23H18ClN3O4. The first kappa shape index (κ1) is 21.7. The van der Waals surface area contributed by atoms with Crippen LogP contribution >= 0.6 is 11.6 Å². The summed E-state index contributed by atoms with van der Waals surface area (Å²) in [6.45, 7) is 0.232. The van der Waals surface area contributed by atoms with Crippen molar-refractivity contribution >= 4 is 35.6 Å². The zero-order chi connectivity index (χ0) is 22.1. The maximum absolute atomic E-state index is 12.2. The fourth-order valence-corrected chi connectivity index (χ4v) is 2.73. The molecule has 2 amide bonds. The normalized spacial score (nSPS) is 10.5. The molecule has 2 N–H and O–H groups in total. The fraction of sp³-hybridized carbons (Fsp3) is 0.0435. The van der Waals surface area contributed by atoms with Crippen LogP contribution in [0.5, 0.6) is 5.75 Å². The minimum atomic E-state index is -0.895. The lowest BCUT2D eigenvalue weighted by atomic mass is 10.2. The molecule has 0 atom stereocenters. The summed E-state index contributed by atoms with van der Waals surface area (Å²) in [5.74, 6) is -2.01. The lowest BCUT2D eigenvalue weighted by molar-refractivity contribution is -0.139. The second-order valence-electron chi connectivity index (χ2n) is 6.31. The zero-order valence-electron chi connectivity index (χ0n) is 16.2. The van der Waals surface area contributed by atoms with Gasteiger partial charge >= 0.3 is 17.8 Å². The number of benzene rings is 3. The van der Waals surface area contributed by atoms with Crippen LogP contribution in [0.1, 0.15) is 21.5 Å². The Balaban J connectivity index is 1.53. The standard InChI is InChI=1S/C23H18ClN3O4/c24-20-12-5-4-11-19(20)23(30)31-18-10-6-9-17(13-18)15-26-27-22(29)21(28)25-14-16-7-2-1-3-8-16/h1-13,15H,14H2,(H,25,28)(H,27,29)/b26-15+. The summed E-state index contributed by atoms with van der Waals surface area (Å²) >= 11 is 6.00. The van der Waals surface area contributed by atoms with E-state index in [1.807, 2.05) is 30.3 Å². The van der Waals surface area contributed by atoms with Crippen molar-refractivity contribution in [2.75, 3.05) is 0 Å². The number of hydrogen-bond acceptors (Lipinski definition) is 5. The van der Waals surface area contributed by atoms with Crippen LogP contribution in [0, 0.1) is 0 Å². The van der Waals surface area contributed by atoms with Gasteiger partial charge in [-0.2, -0.15) is 5.10 Å². The van der Waals surface area contributed by atoms with Crippen LogP contribution in [0.3, 0.4) is 0 Å². The molecule has 0 saturated carbocycles. The smallest absolute Gasteiger partial charge is 0.345 e. The number of carbonyl (C=O) groups is 3. The highest BCUT2D eigenvalue weighted by atomic mass is 35.5. The van der Waals surface area contributed by atoms with Crippen molar-refractivity contribution in [2.24, 2.45) is 5.10 Å². The van der Waals surface area contributed by atoms with E-state index < -0.39 is 17.8 Å². The molecule has 0 aliphatic heterocycles. The summed E-state index contributed by atoms with van der Waals surface area (Å²) in [6.07, 6.45) is 1.33. The maximum atomic E-state index is 12.2. The molecule has 156 valence electrons. The number of hydrogen-bond donors (Lipinski definition) is 2. The van der Waals surface area contributed by atoms with E-state index in [1.165, 1.54) is 6.21 Å². The summed E-state index contributed by atoms with van der Waals surface area (Å²) in [5.41, 5.74) is 3.82. The third-order valence-electron chi connectivity index (χ3n) is 4.04. The number of halogens is 1. The summed E-state index contributed by atoms with van der Waals surface area (Å²) in [5, 5.41) is 6.56. The van der Waals surface area contributed by atoms with Crippen molar-refractivity contribution in [3.05, 3.63) is 101 Å². The predicted octanol–water partition coefficient (Wildman–Crippen LogP) is 3.33. The van der Waals surface area contributed by atoms with Gasteiger partial charge in [-0.05, 0) is 35.4 Å². The van der Waals surface area contributed by atoms with Gasteiger partial charge in [0.05, 0.1) is 16.8 Å². The van der Waals surface area contributed by atoms with E-state index in [-0.39, 0.29) is 17.9 Å². The van der Waals surface area contributed by atoms with Gasteiger partial charge in [0.1, 0.15) is 5.75 Å². The molecule has 8 heteroatoms. The van der Waals surface area contributed by atoms with E-state index >= 15 is 0 Å². The minimum absolute atomic E-state index is 0.232. The Hall–Kier alpha value is -3.97. The Morgan fingerprint density at radius 1 is 0.903 bits per heavy atom. The summed E-state index contributed by atoms with van der Waals surface area (Å²) in [7, 11) is 0.